The molecular weight excluding hydrogens is 398 g/mol. The first-order valence-corrected chi connectivity index (χ1v) is 11.2. The number of nitrogens with zero attached hydrogens (tertiary/aromatic N) is 2. The number of carbonyl (C=O) groups is 1. The van der Waals surface area contributed by atoms with Gasteiger partial charge in [-0.2, -0.15) is 0 Å². The highest BCUT2D eigenvalue weighted by atomic mass is 35.5. The Kier molecular flexibility index (Phi) is 7.39. The zero-order chi connectivity index (χ0) is 20.8. The van der Waals surface area contributed by atoms with Crippen LogP contribution in [0, 0.1) is 0 Å². The topological polar surface area (TPSA) is 44.8 Å². The molecule has 2 fully saturated rings. The van der Waals surface area contributed by atoms with Crippen LogP contribution < -0.4 is 5.32 Å². The van der Waals surface area contributed by atoms with Crippen LogP contribution in [0.2, 0.25) is 5.02 Å². The predicted octanol–water partition coefficient (Wildman–Crippen LogP) is 3.34. The summed E-state index contributed by atoms with van der Waals surface area (Å²) in [4.78, 5) is 16.6. The first-order valence-electron chi connectivity index (χ1n) is 10.8. The average Bonchev–Trinajstić information content (AvgIpc) is 3.58. The lowest BCUT2D eigenvalue weighted by atomic mass is 9.96. The van der Waals surface area contributed by atoms with Crippen LogP contribution in [0.25, 0.3) is 0 Å². The molecule has 1 aliphatic heterocycles. The minimum Gasteiger partial charge on any atom is -0.370 e. The van der Waals surface area contributed by atoms with Crippen molar-refractivity contribution in [2.75, 3.05) is 45.9 Å². The van der Waals surface area contributed by atoms with E-state index in [2.05, 4.69) is 57.6 Å². The Morgan fingerprint density at radius 1 is 1.00 bits per heavy atom. The van der Waals surface area contributed by atoms with Gasteiger partial charge in [-0.1, -0.05) is 54.1 Å². The van der Waals surface area contributed by atoms with Crippen molar-refractivity contribution in [3.63, 3.8) is 0 Å². The molecule has 4 rings (SSSR count). The van der Waals surface area contributed by atoms with E-state index in [1.165, 1.54) is 11.1 Å². The summed E-state index contributed by atoms with van der Waals surface area (Å²) in [6.07, 6.45) is 2.21. The molecule has 1 aliphatic carbocycles. The second kappa shape index (κ2) is 10.4. The average molecular weight is 428 g/mol. The summed E-state index contributed by atoms with van der Waals surface area (Å²) in [5.41, 5.74) is 2.57. The van der Waals surface area contributed by atoms with E-state index in [9.17, 15) is 4.79 Å². The Labute approximate surface area is 184 Å². The van der Waals surface area contributed by atoms with Crippen LogP contribution in [0.5, 0.6) is 0 Å². The van der Waals surface area contributed by atoms with Crippen molar-refractivity contribution in [3.05, 3.63) is 70.7 Å². The van der Waals surface area contributed by atoms with Crippen LogP contribution in [0.4, 0.5) is 0 Å². The van der Waals surface area contributed by atoms with Crippen molar-refractivity contribution < 1.29 is 9.53 Å². The summed E-state index contributed by atoms with van der Waals surface area (Å²) >= 11 is 6.12. The molecule has 0 spiro atoms. The largest absolute Gasteiger partial charge is 0.370 e. The van der Waals surface area contributed by atoms with Crippen molar-refractivity contribution in [1.82, 2.24) is 15.1 Å². The van der Waals surface area contributed by atoms with Crippen LogP contribution in [-0.4, -0.2) is 67.7 Å². The number of rotatable bonds is 9. The van der Waals surface area contributed by atoms with E-state index in [0.717, 1.165) is 50.6 Å². The van der Waals surface area contributed by atoms with Gasteiger partial charge in [0.1, 0.15) is 6.61 Å². The number of nitrogens with one attached hydrogen (secondary N) is 1. The molecule has 1 amide bonds. The maximum Gasteiger partial charge on any atom is 0.246 e. The Hall–Kier alpha value is -1.92. The highest BCUT2D eigenvalue weighted by molar-refractivity contribution is 6.30. The van der Waals surface area contributed by atoms with Gasteiger partial charge in [0.05, 0.1) is 12.6 Å². The van der Waals surface area contributed by atoms with E-state index in [1.54, 1.807) is 0 Å². The van der Waals surface area contributed by atoms with Crippen molar-refractivity contribution in [2.45, 2.75) is 24.9 Å². The minimum atomic E-state index is 0.0102. The standard InChI is InChI=1S/C24H30ClN3O2/c25-21-8-6-20(7-9-21)24(19-4-2-1-3-5-19)28-14-12-27(13-15-28)16-17-30-18-23(29)26-22-10-11-22/h1-9,22,24H,10-18H2,(H,26,29). The summed E-state index contributed by atoms with van der Waals surface area (Å²) in [7, 11) is 0. The number of ether oxygens (including phenoxy) is 1. The molecule has 160 valence electrons. The van der Waals surface area contributed by atoms with Gasteiger partial charge in [0.15, 0.2) is 0 Å². The Morgan fingerprint density at radius 3 is 2.33 bits per heavy atom. The molecule has 1 saturated carbocycles. The van der Waals surface area contributed by atoms with Gasteiger partial charge in [0, 0.05) is 43.8 Å². The summed E-state index contributed by atoms with van der Waals surface area (Å²) < 4.78 is 5.57. The molecule has 0 aromatic heterocycles. The molecule has 1 saturated heterocycles. The number of amides is 1. The van der Waals surface area contributed by atoms with Crippen molar-refractivity contribution in [2.24, 2.45) is 0 Å². The quantitative estimate of drug-likeness (QED) is 0.623. The number of benzene rings is 2. The van der Waals surface area contributed by atoms with E-state index < -0.39 is 0 Å². The first kappa shape index (κ1) is 21.3. The van der Waals surface area contributed by atoms with Gasteiger partial charge in [-0.25, -0.2) is 0 Å². The van der Waals surface area contributed by atoms with E-state index in [0.29, 0.717) is 12.6 Å². The Morgan fingerprint density at radius 2 is 1.67 bits per heavy atom. The molecule has 6 heteroatoms. The molecule has 1 N–H and O–H groups in total. The number of carbonyl (C=O) groups excluding carboxylic acids is 1. The fourth-order valence-electron chi connectivity index (χ4n) is 4.00. The lowest BCUT2D eigenvalue weighted by Crippen LogP contribution is -2.48. The van der Waals surface area contributed by atoms with Gasteiger partial charge in [0.25, 0.3) is 0 Å². The SMILES string of the molecule is O=C(COCCN1CCN(C(c2ccccc2)c2ccc(Cl)cc2)CC1)NC1CC1. The van der Waals surface area contributed by atoms with Crippen molar-refractivity contribution in [1.29, 1.82) is 0 Å². The molecule has 5 nitrogen and oxygen atoms in total. The third-order valence-corrected chi connectivity index (χ3v) is 6.05. The third kappa shape index (κ3) is 6.05. The third-order valence-electron chi connectivity index (χ3n) is 5.80. The molecule has 0 bridgehead atoms. The molecule has 30 heavy (non-hydrogen) atoms. The zero-order valence-corrected chi connectivity index (χ0v) is 18.1. The lowest BCUT2D eigenvalue weighted by Gasteiger charge is -2.39. The van der Waals surface area contributed by atoms with Crippen LogP contribution in [0.3, 0.4) is 0 Å². The second-order valence-electron chi connectivity index (χ2n) is 8.14. The highest BCUT2D eigenvalue weighted by Gasteiger charge is 2.26. The summed E-state index contributed by atoms with van der Waals surface area (Å²) in [5, 5.41) is 3.72. The molecule has 2 aromatic carbocycles. The van der Waals surface area contributed by atoms with Gasteiger partial charge in [-0.3, -0.25) is 14.6 Å². The molecule has 2 aromatic rings. The monoisotopic (exact) mass is 427 g/mol. The highest BCUT2D eigenvalue weighted by Crippen LogP contribution is 2.30. The second-order valence-corrected chi connectivity index (χ2v) is 8.57. The normalized spacial score (nSPS) is 18.8. The van der Waals surface area contributed by atoms with Gasteiger partial charge in [-0.15, -0.1) is 0 Å². The number of piperazine rings is 1. The molecule has 2 aliphatic rings. The number of halogens is 1. The fourth-order valence-corrected chi connectivity index (χ4v) is 4.12. The van der Waals surface area contributed by atoms with Crippen molar-refractivity contribution in [3.8, 4) is 0 Å². The molecule has 1 atom stereocenters. The summed E-state index contributed by atoms with van der Waals surface area (Å²) in [6.45, 7) is 5.60. The Bertz CT molecular complexity index is 803. The molecule has 1 heterocycles. The van der Waals surface area contributed by atoms with E-state index >= 15 is 0 Å². The lowest BCUT2D eigenvalue weighted by molar-refractivity contribution is -0.126. The first-order chi connectivity index (χ1) is 14.7. The van der Waals surface area contributed by atoms with Crippen LogP contribution in [-0.2, 0) is 9.53 Å². The smallest absolute Gasteiger partial charge is 0.246 e. The van der Waals surface area contributed by atoms with Crippen LogP contribution in [0.15, 0.2) is 54.6 Å². The van der Waals surface area contributed by atoms with Gasteiger partial charge in [-0.05, 0) is 36.1 Å². The molecular formula is C24H30ClN3O2. The Balaban J connectivity index is 1.28. The van der Waals surface area contributed by atoms with Crippen LogP contribution >= 0.6 is 11.6 Å². The fraction of sp³-hybridized carbons (Fsp3) is 0.458. The van der Waals surface area contributed by atoms with Gasteiger partial charge >= 0.3 is 0 Å². The minimum absolute atomic E-state index is 0.0102. The van der Waals surface area contributed by atoms with E-state index in [-0.39, 0.29) is 18.6 Å². The maximum atomic E-state index is 11.7. The van der Waals surface area contributed by atoms with Crippen molar-refractivity contribution >= 4 is 17.5 Å². The maximum absolute atomic E-state index is 11.7. The number of hydrogen-bond acceptors (Lipinski definition) is 4. The molecule has 1 unspecified atom stereocenters. The molecule has 0 radical (unpaired) electrons. The zero-order valence-electron chi connectivity index (χ0n) is 17.3. The predicted molar refractivity (Wildman–Crippen MR) is 120 cm³/mol. The van der Waals surface area contributed by atoms with E-state index in [1.807, 2.05) is 12.1 Å². The summed E-state index contributed by atoms with van der Waals surface area (Å²) in [5.74, 6) is 0.0102. The van der Waals surface area contributed by atoms with Crippen LogP contribution in [0.1, 0.15) is 30.0 Å². The van der Waals surface area contributed by atoms with Gasteiger partial charge in [0.2, 0.25) is 5.91 Å². The van der Waals surface area contributed by atoms with Gasteiger partial charge < -0.3 is 10.1 Å². The van der Waals surface area contributed by atoms with E-state index in [4.69, 9.17) is 16.3 Å². The summed E-state index contributed by atoms with van der Waals surface area (Å²) in [6, 6.07) is 19.5. The number of hydrogen-bond donors (Lipinski definition) is 1.